The highest BCUT2D eigenvalue weighted by molar-refractivity contribution is 5.95. The van der Waals surface area contributed by atoms with Crippen LogP contribution in [0.25, 0.3) is 0 Å². The molecule has 2 heterocycles. The SMILES string of the molecule is COC(=O)C1=CN2N(C=C(C(=O)OC)C2(C(F)(F)F)C(F)(F)F)C1(C(F)(F)F)C(F)(F)F. The number of hydrazine groups is 1. The third kappa shape index (κ3) is 2.83. The molecule has 0 aromatic carbocycles. The van der Waals surface area contributed by atoms with Gasteiger partial charge >= 0.3 is 36.6 Å². The van der Waals surface area contributed by atoms with Crippen molar-refractivity contribution in [3.8, 4) is 0 Å². The summed E-state index contributed by atoms with van der Waals surface area (Å²) in [6, 6.07) is 0. The number of fused-ring (bicyclic) bond motifs is 1. The third-order valence-corrected chi connectivity index (χ3v) is 4.65. The van der Waals surface area contributed by atoms with Gasteiger partial charge in [0.05, 0.1) is 14.2 Å². The summed E-state index contributed by atoms with van der Waals surface area (Å²) in [6.45, 7) is 0. The van der Waals surface area contributed by atoms with Crippen LogP contribution in [-0.2, 0) is 19.1 Å². The molecule has 0 N–H and O–H groups in total. The van der Waals surface area contributed by atoms with Gasteiger partial charge in [0.1, 0.15) is 11.1 Å². The van der Waals surface area contributed by atoms with Crippen molar-refractivity contribution in [3.63, 3.8) is 0 Å². The summed E-state index contributed by atoms with van der Waals surface area (Å²) < 4.78 is 173. The molecular formula is C14H8F12N2O4. The van der Waals surface area contributed by atoms with E-state index < -0.39 is 81.3 Å². The Bertz CT molecular complexity index is 780. The number of rotatable bonds is 2. The summed E-state index contributed by atoms with van der Waals surface area (Å²) in [5.74, 6) is -5.05. The number of alkyl halides is 12. The Morgan fingerprint density at radius 2 is 0.844 bits per heavy atom. The van der Waals surface area contributed by atoms with Crippen molar-refractivity contribution in [2.24, 2.45) is 0 Å². The maximum Gasteiger partial charge on any atom is 0.427 e. The zero-order chi connectivity index (χ0) is 25.3. The Labute approximate surface area is 168 Å². The monoisotopic (exact) mass is 496 g/mol. The Kier molecular flexibility index (Phi) is 5.44. The van der Waals surface area contributed by atoms with E-state index in [0.29, 0.717) is 0 Å². The second kappa shape index (κ2) is 6.84. The van der Waals surface area contributed by atoms with Crippen molar-refractivity contribution in [3.05, 3.63) is 23.5 Å². The molecule has 0 unspecified atom stereocenters. The quantitative estimate of drug-likeness (QED) is 0.432. The normalized spacial score (nSPS) is 20.6. The van der Waals surface area contributed by atoms with Crippen molar-refractivity contribution < 1.29 is 71.7 Å². The molecule has 2 rings (SSSR count). The lowest BCUT2D eigenvalue weighted by atomic mass is 9.86. The minimum Gasteiger partial charge on any atom is -0.466 e. The summed E-state index contributed by atoms with van der Waals surface area (Å²) in [5, 5.41) is -3.13. The molecule has 0 fully saturated rings. The van der Waals surface area contributed by atoms with Crippen LogP contribution in [-0.4, -0.2) is 72.0 Å². The van der Waals surface area contributed by atoms with Gasteiger partial charge in [0.15, 0.2) is 0 Å². The van der Waals surface area contributed by atoms with Gasteiger partial charge in [-0.05, 0) is 0 Å². The number of hydrogen-bond acceptors (Lipinski definition) is 6. The fraction of sp³-hybridized carbons (Fsp3) is 0.571. The van der Waals surface area contributed by atoms with E-state index in [1.54, 1.807) is 0 Å². The zero-order valence-corrected chi connectivity index (χ0v) is 15.2. The van der Waals surface area contributed by atoms with E-state index in [1.165, 1.54) is 0 Å². The number of ether oxygens (including phenoxy) is 2. The maximum atomic E-state index is 13.8. The molecule has 0 atom stereocenters. The molecule has 2 aliphatic rings. The molecule has 0 bridgehead atoms. The van der Waals surface area contributed by atoms with Crippen LogP contribution in [0.4, 0.5) is 52.7 Å². The molecule has 0 radical (unpaired) electrons. The predicted octanol–water partition coefficient (Wildman–Crippen LogP) is 3.37. The summed E-state index contributed by atoms with van der Waals surface area (Å²) in [6.07, 6.45) is -28.9. The number of carbonyl (C=O) groups is 2. The van der Waals surface area contributed by atoms with Crippen LogP contribution < -0.4 is 0 Å². The molecule has 0 saturated carbocycles. The standard InChI is InChI=1S/C14H8F12N2O4/c1-31-7(29)5-3-27-10(13(21,22)23,14(24,25)26)6(8(30)32-2)4-28(27)9(5,11(15,16)17)12(18,19)20/h3-4H,1-2H3. The van der Waals surface area contributed by atoms with Gasteiger partial charge in [-0.2, -0.15) is 52.7 Å². The van der Waals surface area contributed by atoms with Crippen LogP contribution in [0.15, 0.2) is 23.5 Å². The van der Waals surface area contributed by atoms with Crippen LogP contribution in [0.5, 0.6) is 0 Å². The molecule has 32 heavy (non-hydrogen) atoms. The van der Waals surface area contributed by atoms with E-state index in [0.717, 1.165) is 0 Å². The highest BCUT2D eigenvalue weighted by atomic mass is 19.4. The lowest BCUT2D eigenvalue weighted by Crippen LogP contribution is -2.72. The minimum atomic E-state index is -6.75. The van der Waals surface area contributed by atoms with E-state index in [9.17, 15) is 62.3 Å². The number of esters is 2. The Balaban J connectivity index is 3.12. The first kappa shape index (κ1) is 25.4. The Morgan fingerprint density at radius 3 is 1.00 bits per heavy atom. The molecule has 0 aromatic rings. The van der Waals surface area contributed by atoms with E-state index in [-0.39, 0.29) is 14.2 Å². The third-order valence-electron chi connectivity index (χ3n) is 4.65. The van der Waals surface area contributed by atoms with Gasteiger partial charge in [-0.3, -0.25) is 10.0 Å². The van der Waals surface area contributed by atoms with Crippen LogP contribution >= 0.6 is 0 Å². The summed E-state index contributed by atoms with van der Waals surface area (Å²) in [7, 11) is 0.492. The zero-order valence-electron chi connectivity index (χ0n) is 15.2. The molecule has 18 heteroatoms. The average Bonchev–Trinajstić information content (AvgIpc) is 3.10. The van der Waals surface area contributed by atoms with Crippen LogP contribution in [0.2, 0.25) is 0 Å². The highest BCUT2D eigenvalue weighted by Crippen LogP contribution is 2.64. The van der Waals surface area contributed by atoms with E-state index in [1.807, 2.05) is 0 Å². The average molecular weight is 496 g/mol. The number of nitrogens with zero attached hydrogens (tertiary/aromatic N) is 2. The number of methoxy groups -OCH3 is 2. The van der Waals surface area contributed by atoms with Gasteiger partial charge in [0.25, 0.3) is 11.1 Å². The fourth-order valence-electron chi connectivity index (χ4n) is 3.39. The van der Waals surface area contributed by atoms with Gasteiger partial charge in [-0.25, -0.2) is 9.59 Å². The lowest BCUT2D eigenvalue weighted by molar-refractivity contribution is -0.370. The van der Waals surface area contributed by atoms with Crippen molar-refractivity contribution >= 4 is 11.9 Å². The smallest absolute Gasteiger partial charge is 0.427 e. The summed E-state index contributed by atoms with van der Waals surface area (Å²) in [5.41, 5.74) is -16.9. The molecule has 0 amide bonds. The molecule has 0 aliphatic carbocycles. The number of halogens is 12. The minimum absolute atomic E-state index is 0.246. The Morgan fingerprint density at radius 1 is 0.625 bits per heavy atom. The van der Waals surface area contributed by atoms with Crippen LogP contribution in [0.1, 0.15) is 0 Å². The van der Waals surface area contributed by atoms with Crippen molar-refractivity contribution in [1.29, 1.82) is 0 Å². The van der Waals surface area contributed by atoms with Crippen LogP contribution in [0.3, 0.4) is 0 Å². The molecule has 0 saturated heterocycles. The fourth-order valence-corrected chi connectivity index (χ4v) is 3.39. The first-order valence-corrected chi connectivity index (χ1v) is 7.64. The first-order chi connectivity index (χ1) is 14.2. The molecule has 182 valence electrons. The van der Waals surface area contributed by atoms with Gasteiger partial charge in [-0.15, -0.1) is 0 Å². The molecule has 2 aliphatic heterocycles. The van der Waals surface area contributed by atoms with Crippen LogP contribution in [0, 0.1) is 0 Å². The van der Waals surface area contributed by atoms with E-state index in [2.05, 4.69) is 9.47 Å². The second-order valence-corrected chi connectivity index (χ2v) is 6.17. The van der Waals surface area contributed by atoms with E-state index >= 15 is 0 Å². The van der Waals surface area contributed by atoms with Gasteiger partial charge < -0.3 is 9.47 Å². The van der Waals surface area contributed by atoms with Crippen molar-refractivity contribution in [2.45, 2.75) is 35.8 Å². The summed E-state index contributed by atoms with van der Waals surface area (Å²) >= 11 is 0. The van der Waals surface area contributed by atoms with E-state index in [4.69, 9.17) is 0 Å². The van der Waals surface area contributed by atoms with Crippen molar-refractivity contribution in [1.82, 2.24) is 10.0 Å². The second-order valence-electron chi connectivity index (χ2n) is 6.17. The molecule has 6 nitrogen and oxygen atoms in total. The first-order valence-electron chi connectivity index (χ1n) is 7.64. The topological polar surface area (TPSA) is 59.1 Å². The largest absolute Gasteiger partial charge is 0.466 e. The Hall–Kier alpha value is -2.82. The van der Waals surface area contributed by atoms with Crippen molar-refractivity contribution in [2.75, 3.05) is 14.2 Å². The molecular weight excluding hydrogens is 488 g/mol. The number of carbonyl (C=O) groups excluding carboxylic acids is 2. The highest BCUT2D eigenvalue weighted by Gasteiger charge is 2.88. The molecule has 0 aromatic heterocycles. The van der Waals surface area contributed by atoms with Gasteiger partial charge in [0.2, 0.25) is 0 Å². The van der Waals surface area contributed by atoms with Gasteiger partial charge in [0, 0.05) is 12.4 Å². The maximum absolute atomic E-state index is 13.8. The van der Waals surface area contributed by atoms with Gasteiger partial charge in [-0.1, -0.05) is 0 Å². The lowest BCUT2D eigenvalue weighted by Gasteiger charge is -2.46. The number of hydrogen-bond donors (Lipinski definition) is 0. The molecule has 0 spiro atoms. The summed E-state index contributed by atoms with van der Waals surface area (Å²) in [4.78, 5) is 23.4. The predicted molar refractivity (Wildman–Crippen MR) is 73.6 cm³/mol.